The van der Waals surface area contributed by atoms with Gasteiger partial charge in [-0.25, -0.2) is 4.79 Å². The molecule has 0 atom stereocenters. The maximum absolute atomic E-state index is 10.1. The lowest BCUT2D eigenvalue weighted by molar-refractivity contribution is -0.137. The third-order valence-corrected chi connectivity index (χ3v) is 3.60. The quantitative estimate of drug-likeness (QED) is 0.280. The van der Waals surface area contributed by atoms with Crippen molar-refractivity contribution in [1.82, 2.24) is 0 Å². The number of aliphatic hydroxyl groups is 3. The van der Waals surface area contributed by atoms with Crippen molar-refractivity contribution in [2.45, 2.75) is 59.3 Å². The van der Waals surface area contributed by atoms with Crippen molar-refractivity contribution >= 4 is 11.9 Å². The molecule has 0 saturated heterocycles. The topological polar surface area (TPSA) is 135 Å². The predicted octanol–water partition coefficient (Wildman–Crippen LogP) is 2.29. The number of unbranched alkanes of at least 4 members (excludes halogenated alkanes) is 2. The lowest BCUT2D eigenvalue weighted by Gasteiger charge is -2.24. The maximum atomic E-state index is 10.1. The van der Waals surface area contributed by atoms with Crippen molar-refractivity contribution in [3.05, 3.63) is 12.7 Å². The van der Waals surface area contributed by atoms with Crippen LogP contribution in [0.5, 0.6) is 0 Å². The summed E-state index contributed by atoms with van der Waals surface area (Å²) in [6.45, 7) is 8.70. The average Bonchev–Trinajstić information content (AvgIpc) is 2.58. The van der Waals surface area contributed by atoms with Crippen LogP contribution >= 0.6 is 0 Å². The van der Waals surface area contributed by atoms with Gasteiger partial charge in [0.25, 0.3) is 0 Å². The van der Waals surface area contributed by atoms with Crippen LogP contribution < -0.4 is 0 Å². The molecule has 0 aromatic carbocycles. The van der Waals surface area contributed by atoms with E-state index < -0.39 is 17.4 Å². The molecular formula is C18H36O7. The molecule has 0 amide bonds. The Balaban J connectivity index is -0.000000311. The van der Waals surface area contributed by atoms with Crippen LogP contribution in [-0.4, -0.2) is 57.3 Å². The van der Waals surface area contributed by atoms with Crippen LogP contribution in [0.3, 0.4) is 0 Å². The van der Waals surface area contributed by atoms with E-state index in [2.05, 4.69) is 20.4 Å². The highest BCUT2D eigenvalue weighted by molar-refractivity contribution is 5.78. The van der Waals surface area contributed by atoms with Crippen molar-refractivity contribution in [3.63, 3.8) is 0 Å². The van der Waals surface area contributed by atoms with Gasteiger partial charge in [0.1, 0.15) is 0 Å². The third kappa shape index (κ3) is 22.6. The number of hydrogen-bond acceptors (Lipinski definition) is 5. The highest BCUT2D eigenvalue weighted by Crippen LogP contribution is 2.18. The lowest BCUT2D eigenvalue weighted by Crippen LogP contribution is -2.32. The van der Waals surface area contributed by atoms with Gasteiger partial charge in [0.15, 0.2) is 0 Å². The minimum absolute atomic E-state index is 0.156. The van der Waals surface area contributed by atoms with Crippen LogP contribution in [0.25, 0.3) is 0 Å². The molecule has 0 saturated carbocycles. The van der Waals surface area contributed by atoms with Gasteiger partial charge >= 0.3 is 11.9 Å². The number of carbonyl (C=O) groups is 2. The summed E-state index contributed by atoms with van der Waals surface area (Å²) in [7, 11) is 0. The summed E-state index contributed by atoms with van der Waals surface area (Å²) in [4.78, 5) is 19.3. The summed E-state index contributed by atoms with van der Waals surface area (Å²) in [6.07, 6.45) is 6.05. The van der Waals surface area contributed by atoms with Gasteiger partial charge in [-0.05, 0) is 18.8 Å². The minimum atomic E-state index is -0.981. The number of carboxylic acids is 2. The number of aliphatic carboxylic acids is 2. The molecular weight excluding hydrogens is 328 g/mol. The zero-order valence-corrected chi connectivity index (χ0v) is 15.8. The summed E-state index contributed by atoms with van der Waals surface area (Å²) < 4.78 is 0. The summed E-state index contributed by atoms with van der Waals surface area (Å²) in [5, 5.41) is 41.9. The van der Waals surface area contributed by atoms with E-state index in [1.165, 1.54) is 12.8 Å². The molecule has 0 unspecified atom stereocenters. The smallest absolute Gasteiger partial charge is 0.327 e. The molecule has 0 aromatic rings. The van der Waals surface area contributed by atoms with Gasteiger partial charge in [0.2, 0.25) is 0 Å². The third-order valence-electron chi connectivity index (χ3n) is 3.60. The van der Waals surface area contributed by atoms with Crippen LogP contribution in [0.1, 0.15) is 59.3 Å². The monoisotopic (exact) mass is 364 g/mol. The van der Waals surface area contributed by atoms with E-state index >= 15 is 0 Å². The zero-order chi connectivity index (χ0) is 20.3. The maximum Gasteiger partial charge on any atom is 0.327 e. The molecule has 0 bridgehead atoms. The van der Waals surface area contributed by atoms with Crippen LogP contribution in [0, 0.1) is 11.3 Å². The fourth-order valence-electron chi connectivity index (χ4n) is 1.49. The first kappa shape index (κ1) is 28.4. The SMILES string of the molecule is C=CC(=O)O.CC(C)CCCCCC(=O)O.CCC(CO)(CO)CO. The number of hydrogen-bond donors (Lipinski definition) is 5. The van der Waals surface area contributed by atoms with Crippen LogP contribution in [-0.2, 0) is 9.59 Å². The molecule has 0 heterocycles. The van der Waals surface area contributed by atoms with Gasteiger partial charge in [-0.15, -0.1) is 0 Å². The van der Waals surface area contributed by atoms with E-state index in [-0.39, 0.29) is 19.8 Å². The second-order valence-corrected chi connectivity index (χ2v) is 6.26. The predicted molar refractivity (Wildman–Crippen MR) is 97.4 cm³/mol. The largest absolute Gasteiger partial charge is 0.481 e. The van der Waals surface area contributed by atoms with Gasteiger partial charge in [0.05, 0.1) is 19.8 Å². The molecule has 7 heteroatoms. The molecule has 0 aliphatic carbocycles. The Labute approximate surface area is 151 Å². The summed E-state index contributed by atoms with van der Waals surface area (Å²) in [5.74, 6) is -0.903. The summed E-state index contributed by atoms with van der Waals surface area (Å²) in [5.41, 5.74) is -0.667. The standard InChI is InChI=1S/C9H18O2.C6H14O3.C3H4O2/c1-8(2)6-4-3-5-7-9(10)11;1-2-6(3-7,4-8)5-9;1-2-3(4)5/h8H,3-7H2,1-2H3,(H,10,11);7-9H,2-5H2,1H3;2H,1H2,(H,4,5). The first-order valence-corrected chi connectivity index (χ1v) is 8.54. The first-order chi connectivity index (χ1) is 11.6. The fraction of sp³-hybridized carbons (Fsp3) is 0.778. The van der Waals surface area contributed by atoms with Gasteiger partial charge in [-0.3, -0.25) is 4.79 Å². The fourth-order valence-corrected chi connectivity index (χ4v) is 1.49. The van der Waals surface area contributed by atoms with E-state index in [4.69, 9.17) is 25.5 Å². The van der Waals surface area contributed by atoms with Crippen LogP contribution in [0.4, 0.5) is 0 Å². The molecule has 150 valence electrons. The number of rotatable bonds is 11. The molecule has 0 rings (SSSR count). The van der Waals surface area contributed by atoms with Crippen LogP contribution in [0.15, 0.2) is 12.7 Å². The van der Waals surface area contributed by atoms with Crippen molar-refractivity contribution in [3.8, 4) is 0 Å². The van der Waals surface area contributed by atoms with E-state index in [1.54, 1.807) is 0 Å². The molecule has 0 aliphatic heterocycles. The van der Waals surface area contributed by atoms with Crippen molar-refractivity contribution in [2.75, 3.05) is 19.8 Å². The summed E-state index contributed by atoms with van der Waals surface area (Å²) in [6, 6.07) is 0. The van der Waals surface area contributed by atoms with Gasteiger partial charge in [0, 0.05) is 17.9 Å². The van der Waals surface area contributed by atoms with Gasteiger partial charge in [-0.2, -0.15) is 0 Å². The Hall–Kier alpha value is -1.44. The van der Waals surface area contributed by atoms with E-state index in [9.17, 15) is 9.59 Å². The minimum Gasteiger partial charge on any atom is -0.481 e. The van der Waals surface area contributed by atoms with Gasteiger partial charge < -0.3 is 25.5 Å². The zero-order valence-electron chi connectivity index (χ0n) is 15.8. The first-order valence-electron chi connectivity index (χ1n) is 8.54. The second-order valence-electron chi connectivity index (χ2n) is 6.26. The highest BCUT2D eigenvalue weighted by Gasteiger charge is 2.24. The molecule has 0 aliphatic rings. The lowest BCUT2D eigenvalue weighted by atomic mass is 9.88. The van der Waals surface area contributed by atoms with Crippen molar-refractivity contribution in [1.29, 1.82) is 0 Å². The Kier molecular flexibility index (Phi) is 21.4. The van der Waals surface area contributed by atoms with E-state index in [1.807, 2.05) is 6.92 Å². The van der Waals surface area contributed by atoms with Gasteiger partial charge in [-0.1, -0.05) is 46.6 Å². The normalized spacial score (nSPS) is 10.2. The average molecular weight is 364 g/mol. The van der Waals surface area contributed by atoms with E-state index in [0.717, 1.165) is 24.8 Å². The highest BCUT2D eigenvalue weighted by atomic mass is 16.4. The Morgan fingerprint density at radius 3 is 1.64 bits per heavy atom. The number of aliphatic hydroxyl groups excluding tert-OH is 3. The molecule has 0 aromatic heterocycles. The molecule has 5 N–H and O–H groups in total. The van der Waals surface area contributed by atoms with Crippen LogP contribution in [0.2, 0.25) is 0 Å². The molecule has 0 radical (unpaired) electrons. The molecule has 7 nitrogen and oxygen atoms in total. The molecule has 0 fully saturated rings. The molecule has 25 heavy (non-hydrogen) atoms. The summed E-state index contributed by atoms with van der Waals surface area (Å²) >= 11 is 0. The Morgan fingerprint density at radius 1 is 1.00 bits per heavy atom. The Bertz CT molecular complexity index is 319. The molecule has 0 spiro atoms. The number of carboxylic acid groups (broad SMARTS) is 2. The van der Waals surface area contributed by atoms with Crippen molar-refractivity contribution in [2.24, 2.45) is 11.3 Å². The van der Waals surface area contributed by atoms with Crippen molar-refractivity contribution < 1.29 is 35.1 Å². The second kappa shape index (κ2) is 18.9. The van der Waals surface area contributed by atoms with E-state index in [0.29, 0.717) is 12.8 Å². The Morgan fingerprint density at radius 2 is 1.44 bits per heavy atom.